The second-order valence-electron chi connectivity index (χ2n) is 2.19. The van der Waals surface area contributed by atoms with Crippen LogP contribution in [-0.2, 0) is 14.3 Å². The van der Waals surface area contributed by atoms with Gasteiger partial charge in [-0.25, -0.2) is 0 Å². The summed E-state index contributed by atoms with van der Waals surface area (Å²) in [4.78, 5) is 0. The van der Waals surface area contributed by atoms with Crippen LogP contribution in [-0.4, -0.2) is 50.3 Å². The molecule has 0 fully saturated rings. The Morgan fingerprint density at radius 3 is 2.50 bits per heavy atom. The first-order chi connectivity index (χ1) is 5.12. The maximum absolute atomic E-state index is 10.8. The summed E-state index contributed by atoms with van der Waals surface area (Å²) in [6, 6.07) is 0. The molecule has 0 aliphatic heterocycles. The third-order valence-corrected chi connectivity index (χ3v) is 2.25. The van der Waals surface area contributed by atoms with Gasteiger partial charge in [-0.2, -0.15) is 8.42 Å². The molecule has 0 N–H and O–H groups in total. The Bertz CT molecular complexity index is 199. The molecule has 0 aromatic carbocycles. The van der Waals surface area contributed by atoms with Crippen molar-refractivity contribution in [2.24, 2.45) is 0 Å². The summed E-state index contributed by atoms with van der Waals surface area (Å²) >= 11 is 0. The van der Waals surface area contributed by atoms with Crippen LogP contribution in [0.3, 0.4) is 0 Å². The quantitative estimate of drug-likeness (QED) is 0.275. The molecule has 0 amide bonds. The molecule has 0 saturated carbocycles. The molecule has 0 aliphatic rings. The fraction of sp³-hybridized carbons (Fsp3) is 0.714. The molecule has 0 saturated heterocycles. The van der Waals surface area contributed by atoms with Gasteiger partial charge < -0.3 is 0 Å². The van der Waals surface area contributed by atoms with Crippen LogP contribution in [0, 0.1) is 0 Å². The fourth-order valence-corrected chi connectivity index (χ4v) is 1.28. The van der Waals surface area contributed by atoms with E-state index in [2.05, 4.69) is 10.8 Å². The van der Waals surface area contributed by atoms with Crippen LogP contribution in [0.1, 0.15) is 19.8 Å². The topological polar surface area (TPSA) is 43.4 Å². The molecule has 0 spiro atoms. The van der Waals surface area contributed by atoms with Crippen molar-refractivity contribution in [2.45, 2.75) is 19.8 Å². The van der Waals surface area contributed by atoms with E-state index in [0.29, 0.717) is 0 Å². The molecule has 0 bridgehead atoms. The number of hydrogen-bond donors (Lipinski definition) is 0. The first kappa shape index (κ1) is 15.1. The minimum absolute atomic E-state index is 0. The average Bonchev–Trinajstić information content (AvgIpc) is 1.87. The minimum atomic E-state index is -3.32. The van der Waals surface area contributed by atoms with Crippen molar-refractivity contribution in [1.29, 1.82) is 0 Å². The van der Waals surface area contributed by atoms with Crippen LogP contribution in [0.25, 0.3) is 0 Å². The second-order valence-corrected chi connectivity index (χ2v) is 3.87. The molecule has 5 heteroatoms. The van der Waals surface area contributed by atoms with E-state index in [1.807, 2.05) is 6.92 Å². The molecule has 0 aromatic heterocycles. The number of rotatable bonds is 6. The molecule has 0 atom stereocenters. The SMILES string of the molecule is C=CCS(=O)(=O)OCCCC.[NaH]. The second kappa shape index (κ2) is 8.26. The van der Waals surface area contributed by atoms with Crippen molar-refractivity contribution in [2.75, 3.05) is 12.4 Å². The monoisotopic (exact) mass is 202 g/mol. The molecule has 0 aromatic rings. The summed E-state index contributed by atoms with van der Waals surface area (Å²) in [6.07, 6.45) is 3.03. The van der Waals surface area contributed by atoms with E-state index in [-0.39, 0.29) is 41.9 Å². The Balaban J connectivity index is 0. The summed E-state index contributed by atoms with van der Waals surface area (Å²) in [6.45, 7) is 5.58. The van der Waals surface area contributed by atoms with E-state index in [0.717, 1.165) is 12.8 Å². The summed E-state index contributed by atoms with van der Waals surface area (Å²) in [7, 11) is -3.32. The van der Waals surface area contributed by atoms with Gasteiger partial charge in [0.1, 0.15) is 0 Å². The zero-order valence-electron chi connectivity index (χ0n) is 6.75. The van der Waals surface area contributed by atoms with Crippen molar-refractivity contribution in [1.82, 2.24) is 0 Å². The van der Waals surface area contributed by atoms with Gasteiger partial charge in [0.05, 0.1) is 12.4 Å². The van der Waals surface area contributed by atoms with Gasteiger partial charge in [0.25, 0.3) is 10.1 Å². The van der Waals surface area contributed by atoms with Gasteiger partial charge in [-0.05, 0) is 6.42 Å². The number of hydrogen-bond acceptors (Lipinski definition) is 3. The van der Waals surface area contributed by atoms with Gasteiger partial charge >= 0.3 is 29.6 Å². The third-order valence-electron chi connectivity index (χ3n) is 1.08. The van der Waals surface area contributed by atoms with Gasteiger partial charge in [-0.3, -0.25) is 4.18 Å². The molecule has 0 rings (SSSR count). The van der Waals surface area contributed by atoms with Crippen LogP contribution in [0.2, 0.25) is 0 Å². The maximum atomic E-state index is 10.8. The van der Waals surface area contributed by atoms with Gasteiger partial charge in [0.2, 0.25) is 0 Å². The molecule has 12 heavy (non-hydrogen) atoms. The average molecular weight is 202 g/mol. The Morgan fingerprint density at radius 2 is 2.08 bits per heavy atom. The van der Waals surface area contributed by atoms with Crippen molar-refractivity contribution in [3.05, 3.63) is 12.7 Å². The van der Waals surface area contributed by atoms with Crippen molar-refractivity contribution < 1.29 is 12.6 Å². The van der Waals surface area contributed by atoms with Crippen LogP contribution in [0.4, 0.5) is 0 Å². The first-order valence-electron chi connectivity index (χ1n) is 3.60. The Hall–Kier alpha value is 0.650. The Morgan fingerprint density at radius 1 is 1.50 bits per heavy atom. The van der Waals surface area contributed by atoms with Gasteiger partial charge in [0.15, 0.2) is 0 Å². The third kappa shape index (κ3) is 8.74. The van der Waals surface area contributed by atoms with E-state index in [1.165, 1.54) is 6.08 Å². The van der Waals surface area contributed by atoms with E-state index in [4.69, 9.17) is 0 Å². The first-order valence-corrected chi connectivity index (χ1v) is 5.18. The Labute approximate surface area is 96.6 Å². The van der Waals surface area contributed by atoms with Crippen LogP contribution in [0.5, 0.6) is 0 Å². The fourth-order valence-electron chi connectivity index (χ4n) is 0.523. The van der Waals surface area contributed by atoms with E-state index < -0.39 is 10.1 Å². The summed E-state index contributed by atoms with van der Waals surface area (Å²) < 4.78 is 26.2. The van der Waals surface area contributed by atoms with Gasteiger partial charge in [-0.1, -0.05) is 19.4 Å². The molecule has 0 unspecified atom stereocenters. The molecule has 0 heterocycles. The van der Waals surface area contributed by atoms with Gasteiger partial charge in [0, 0.05) is 0 Å². The normalized spacial score (nSPS) is 10.4. The predicted molar refractivity (Wildman–Crippen MR) is 52.0 cm³/mol. The van der Waals surface area contributed by atoms with Crippen LogP contribution < -0.4 is 0 Å². The molecular formula is C7H15NaO3S. The summed E-state index contributed by atoms with van der Waals surface area (Å²) in [5.41, 5.74) is 0. The zero-order valence-corrected chi connectivity index (χ0v) is 7.56. The van der Waals surface area contributed by atoms with Crippen molar-refractivity contribution in [3.8, 4) is 0 Å². The standard InChI is InChI=1S/C7H14O3S.Na.H/c1-3-5-6-10-11(8,9)7-4-2;;/h4H,2-3,5-7H2,1H3;;. The van der Waals surface area contributed by atoms with E-state index in [1.54, 1.807) is 0 Å². The van der Waals surface area contributed by atoms with Crippen LogP contribution in [0.15, 0.2) is 12.7 Å². The molecule has 0 radical (unpaired) electrons. The van der Waals surface area contributed by atoms with E-state index in [9.17, 15) is 8.42 Å². The van der Waals surface area contributed by atoms with Gasteiger partial charge in [-0.15, -0.1) is 6.58 Å². The molecule has 68 valence electrons. The van der Waals surface area contributed by atoms with E-state index >= 15 is 0 Å². The van der Waals surface area contributed by atoms with Crippen molar-refractivity contribution >= 4 is 39.7 Å². The number of unbranched alkanes of at least 4 members (excludes halogenated alkanes) is 1. The summed E-state index contributed by atoms with van der Waals surface area (Å²) in [5, 5.41) is 0. The van der Waals surface area contributed by atoms with Crippen LogP contribution >= 0.6 is 0 Å². The summed E-state index contributed by atoms with van der Waals surface area (Å²) in [5.74, 6) is -0.100. The zero-order chi connectivity index (χ0) is 8.74. The predicted octanol–water partition coefficient (Wildman–Crippen LogP) is 0.670. The molecular weight excluding hydrogens is 187 g/mol. The van der Waals surface area contributed by atoms with Crippen molar-refractivity contribution in [3.63, 3.8) is 0 Å². The molecule has 3 nitrogen and oxygen atoms in total. The molecule has 0 aliphatic carbocycles. The Kier molecular flexibility index (Phi) is 10.4.